The Morgan fingerprint density at radius 3 is 2.57 bits per heavy atom. The number of aryl methyl sites for hydroxylation is 2. The Kier molecular flexibility index (Phi) is 4.65. The van der Waals surface area contributed by atoms with Crippen molar-refractivity contribution in [2.75, 3.05) is 0 Å². The first-order valence-electron chi connectivity index (χ1n) is 8.09. The van der Waals surface area contributed by atoms with Gasteiger partial charge in [-0.1, -0.05) is 18.0 Å². The summed E-state index contributed by atoms with van der Waals surface area (Å²) in [5.41, 5.74) is 2.48. The molecule has 1 N–H and O–H groups in total. The van der Waals surface area contributed by atoms with Crippen molar-refractivity contribution in [3.05, 3.63) is 46.8 Å². The molecule has 1 aromatic carbocycles. The number of carbonyl (C=O) groups is 1. The molecule has 5 heteroatoms. The molecule has 0 saturated heterocycles. The summed E-state index contributed by atoms with van der Waals surface area (Å²) in [6.07, 6.45) is 4.59. The predicted octanol–water partition coefficient (Wildman–Crippen LogP) is 3.54. The highest BCUT2D eigenvalue weighted by atomic mass is 16.5. The van der Waals surface area contributed by atoms with Crippen LogP contribution in [0.25, 0.3) is 0 Å². The van der Waals surface area contributed by atoms with Gasteiger partial charge in [0.1, 0.15) is 18.1 Å². The Bertz CT molecular complexity index is 651. The molecule has 0 atom stereocenters. The highest BCUT2D eigenvalue weighted by molar-refractivity contribution is 5.94. The van der Waals surface area contributed by atoms with Gasteiger partial charge in [-0.2, -0.15) is 0 Å². The minimum Gasteiger partial charge on any atom is -0.489 e. The second kappa shape index (κ2) is 6.86. The highest BCUT2D eigenvalue weighted by Crippen LogP contribution is 2.20. The van der Waals surface area contributed by atoms with E-state index in [1.54, 1.807) is 12.1 Å². The van der Waals surface area contributed by atoms with Crippen LogP contribution in [0.5, 0.6) is 5.75 Å². The number of amides is 1. The van der Waals surface area contributed by atoms with Crippen LogP contribution in [-0.2, 0) is 6.61 Å². The summed E-state index contributed by atoms with van der Waals surface area (Å²) in [6, 6.07) is 7.57. The second-order valence-corrected chi connectivity index (χ2v) is 6.07. The maximum atomic E-state index is 12.2. The van der Waals surface area contributed by atoms with E-state index < -0.39 is 0 Å². The first-order chi connectivity index (χ1) is 11.1. The fourth-order valence-electron chi connectivity index (χ4n) is 2.90. The Morgan fingerprint density at radius 1 is 1.26 bits per heavy atom. The lowest BCUT2D eigenvalue weighted by Crippen LogP contribution is -2.32. The van der Waals surface area contributed by atoms with Crippen LogP contribution in [0.3, 0.4) is 0 Å². The van der Waals surface area contributed by atoms with E-state index >= 15 is 0 Å². The third kappa shape index (κ3) is 3.73. The number of benzene rings is 1. The van der Waals surface area contributed by atoms with E-state index in [0.717, 1.165) is 35.6 Å². The molecule has 23 heavy (non-hydrogen) atoms. The molecule has 0 radical (unpaired) electrons. The molecule has 1 aliphatic carbocycles. The maximum absolute atomic E-state index is 12.2. The maximum Gasteiger partial charge on any atom is 0.251 e. The topological polar surface area (TPSA) is 64.4 Å². The number of hydrogen-bond donors (Lipinski definition) is 1. The Morgan fingerprint density at radius 2 is 1.96 bits per heavy atom. The van der Waals surface area contributed by atoms with E-state index in [1.807, 2.05) is 26.0 Å². The molecule has 0 spiro atoms. The van der Waals surface area contributed by atoms with Crippen molar-refractivity contribution in [1.29, 1.82) is 0 Å². The van der Waals surface area contributed by atoms with Gasteiger partial charge in [0.05, 0.1) is 11.3 Å². The molecule has 0 aliphatic heterocycles. The minimum atomic E-state index is -0.00539. The van der Waals surface area contributed by atoms with Crippen LogP contribution in [0.15, 0.2) is 28.8 Å². The fraction of sp³-hybridized carbons (Fsp3) is 0.444. The molecular formula is C18H22N2O3. The number of hydrogen-bond acceptors (Lipinski definition) is 4. The number of ether oxygens (including phenoxy) is 1. The molecule has 3 rings (SSSR count). The van der Waals surface area contributed by atoms with E-state index in [9.17, 15) is 4.79 Å². The molecule has 5 nitrogen and oxygen atoms in total. The third-order valence-electron chi connectivity index (χ3n) is 4.37. The molecule has 1 heterocycles. The van der Waals surface area contributed by atoms with E-state index in [0.29, 0.717) is 18.2 Å². The molecule has 1 saturated carbocycles. The van der Waals surface area contributed by atoms with Gasteiger partial charge in [0.25, 0.3) is 5.91 Å². The Balaban J connectivity index is 1.57. The van der Waals surface area contributed by atoms with E-state index in [4.69, 9.17) is 9.26 Å². The first kappa shape index (κ1) is 15.6. The Hall–Kier alpha value is -2.30. The molecule has 1 aromatic heterocycles. The van der Waals surface area contributed by atoms with Crippen molar-refractivity contribution < 1.29 is 14.1 Å². The molecule has 0 unspecified atom stereocenters. The third-order valence-corrected chi connectivity index (χ3v) is 4.37. The number of nitrogens with zero attached hydrogens (tertiary/aromatic N) is 1. The van der Waals surface area contributed by atoms with Crippen LogP contribution in [0, 0.1) is 13.8 Å². The molecule has 2 aromatic rings. The quantitative estimate of drug-likeness (QED) is 0.916. The average molecular weight is 314 g/mol. The normalized spacial score (nSPS) is 14.9. The van der Waals surface area contributed by atoms with Crippen molar-refractivity contribution in [3.8, 4) is 5.75 Å². The second-order valence-electron chi connectivity index (χ2n) is 6.07. The van der Waals surface area contributed by atoms with Gasteiger partial charge in [-0.05, 0) is 51.0 Å². The summed E-state index contributed by atoms with van der Waals surface area (Å²) in [4.78, 5) is 12.2. The zero-order valence-corrected chi connectivity index (χ0v) is 13.6. The molecule has 0 bridgehead atoms. The zero-order chi connectivity index (χ0) is 16.2. The van der Waals surface area contributed by atoms with Crippen LogP contribution in [0.1, 0.15) is 53.1 Å². The van der Waals surface area contributed by atoms with Crippen molar-refractivity contribution in [2.45, 2.75) is 52.2 Å². The van der Waals surface area contributed by atoms with Gasteiger partial charge in [-0.3, -0.25) is 4.79 Å². The first-order valence-corrected chi connectivity index (χ1v) is 8.09. The van der Waals surface area contributed by atoms with Gasteiger partial charge >= 0.3 is 0 Å². The number of aromatic nitrogens is 1. The minimum absolute atomic E-state index is 0.00539. The van der Waals surface area contributed by atoms with Crippen molar-refractivity contribution in [3.63, 3.8) is 0 Å². The van der Waals surface area contributed by atoms with E-state index in [2.05, 4.69) is 10.5 Å². The highest BCUT2D eigenvalue weighted by Gasteiger charge is 2.18. The van der Waals surface area contributed by atoms with Crippen LogP contribution in [0.2, 0.25) is 0 Å². The summed E-state index contributed by atoms with van der Waals surface area (Å²) >= 11 is 0. The zero-order valence-electron chi connectivity index (χ0n) is 13.6. The van der Waals surface area contributed by atoms with Gasteiger partial charge in [-0.25, -0.2) is 0 Å². The molecule has 1 aliphatic rings. The number of nitrogens with one attached hydrogen (secondary N) is 1. The van der Waals surface area contributed by atoms with Crippen LogP contribution in [-0.4, -0.2) is 17.1 Å². The summed E-state index contributed by atoms with van der Waals surface area (Å²) < 4.78 is 10.9. The van der Waals surface area contributed by atoms with Gasteiger partial charge < -0.3 is 14.6 Å². The smallest absolute Gasteiger partial charge is 0.251 e. The molecule has 1 fully saturated rings. The standard InChI is InChI=1S/C18H22N2O3/c1-12-17(13(2)23-20-12)11-22-16-9-7-14(8-10-16)18(21)19-15-5-3-4-6-15/h7-10,15H,3-6,11H2,1-2H3,(H,19,21). The number of rotatable bonds is 5. The number of carbonyl (C=O) groups excluding carboxylic acids is 1. The van der Waals surface area contributed by atoms with Gasteiger partial charge in [0.15, 0.2) is 0 Å². The molecule has 122 valence electrons. The summed E-state index contributed by atoms with van der Waals surface area (Å²) in [6.45, 7) is 4.18. The van der Waals surface area contributed by atoms with E-state index in [1.165, 1.54) is 12.8 Å². The molecule has 1 amide bonds. The largest absolute Gasteiger partial charge is 0.489 e. The summed E-state index contributed by atoms with van der Waals surface area (Å²) in [7, 11) is 0. The average Bonchev–Trinajstić information content (AvgIpc) is 3.17. The lowest BCUT2D eigenvalue weighted by Gasteiger charge is -2.12. The lowest BCUT2D eigenvalue weighted by molar-refractivity contribution is 0.0938. The van der Waals surface area contributed by atoms with Crippen LogP contribution in [0.4, 0.5) is 0 Å². The summed E-state index contributed by atoms with van der Waals surface area (Å²) in [5, 5.41) is 6.99. The molecular weight excluding hydrogens is 292 g/mol. The van der Waals surface area contributed by atoms with Crippen molar-refractivity contribution in [1.82, 2.24) is 10.5 Å². The van der Waals surface area contributed by atoms with Crippen molar-refractivity contribution in [2.24, 2.45) is 0 Å². The van der Waals surface area contributed by atoms with E-state index in [-0.39, 0.29) is 5.91 Å². The Labute approximate surface area is 136 Å². The van der Waals surface area contributed by atoms with Crippen LogP contribution < -0.4 is 10.1 Å². The van der Waals surface area contributed by atoms with Crippen LogP contribution >= 0.6 is 0 Å². The monoisotopic (exact) mass is 314 g/mol. The lowest BCUT2D eigenvalue weighted by atomic mass is 10.1. The fourth-order valence-corrected chi connectivity index (χ4v) is 2.90. The summed E-state index contributed by atoms with van der Waals surface area (Å²) in [5.74, 6) is 1.49. The van der Waals surface area contributed by atoms with Gasteiger partial charge in [-0.15, -0.1) is 0 Å². The predicted molar refractivity (Wildman–Crippen MR) is 86.5 cm³/mol. The van der Waals surface area contributed by atoms with Gasteiger partial charge in [0, 0.05) is 11.6 Å². The van der Waals surface area contributed by atoms with Gasteiger partial charge in [0.2, 0.25) is 0 Å². The SMILES string of the molecule is Cc1noc(C)c1COc1ccc(C(=O)NC2CCCC2)cc1. The van der Waals surface area contributed by atoms with Crippen molar-refractivity contribution >= 4 is 5.91 Å².